The monoisotopic (exact) mass is 270 g/mol. The lowest BCUT2D eigenvalue weighted by molar-refractivity contribution is 0.103. The summed E-state index contributed by atoms with van der Waals surface area (Å²) in [5.74, 6) is 0.952. The highest BCUT2D eigenvalue weighted by Gasteiger charge is 2.20. The first-order valence-electron chi connectivity index (χ1n) is 6.40. The number of rotatable bonds is 4. The third-order valence-corrected chi connectivity index (χ3v) is 3.14. The van der Waals surface area contributed by atoms with Crippen molar-refractivity contribution in [3.05, 3.63) is 58.7 Å². The number of carbonyl (C=O) groups is 1. The fourth-order valence-corrected chi connectivity index (χ4v) is 2.33. The summed E-state index contributed by atoms with van der Waals surface area (Å²) < 4.78 is 10.6. The van der Waals surface area contributed by atoms with Gasteiger partial charge in [0.25, 0.3) is 0 Å². The maximum atomic E-state index is 12.8. The van der Waals surface area contributed by atoms with E-state index >= 15 is 0 Å². The molecular weight excluding hydrogens is 252 g/mol. The molecule has 3 heteroatoms. The Morgan fingerprint density at radius 3 is 1.85 bits per heavy atom. The van der Waals surface area contributed by atoms with E-state index in [9.17, 15) is 4.79 Å². The van der Waals surface area contributed by atoms with E-state index in [1.54, 1.807) is 32.4 Å². The third kappa shape index (κ3) is 2.67. The number of methoxy groups -OCH3 is 2. The molecule has 20 heavy (non-hydrogen) atoms. The predicted molar refractivity (Wildman–Crippen MR) is 78.9 cm³/mol. The molecule has 0 fully saturated rings. The number of aryl methyl sites for hydroxylation is 2. The number of carbonyl (C=O) groups excluding carboxylic acids is 1. The fourth-order valence-electron chi connectivity index (χ4n) is 2.33. The Kier molecular flexibility index (Phi) is 4.08. The van der Waals surface area contributed by atoms with Gasteiger partial charge < -0.3 is 9.47 Å². The second kappa shape index (κ2) is 5.78. The van der Waals surface area contributed by atoms with Gasteiger partial charge in [-0.2, -0.15) is 0 Å². The Morgan fingerprint density at radius 1 is 0.900 bits per heavy atom. The second-order valence-corrected chi connectivity index (χ2v) is 4.74. The van der Waals surface area contributed by atoms with Gasteiger partial charge in [0.2, 0.25) is 5.78 Å². The maximum absolute atomic E-state index is 12.8. The molecule has 0 aliphatic rings. The zero-order valence-corrected chi connectivity index (χ0v) is 12.2. The molecule has 0 radical (unpaired) electrons. The van der Waals surface area contributed by atoms with E-state index in [1.807, 2.05) is 32.0 Å². The van der Waals surface area contributed by atoms with Gasteiger partial charge in [0, 0.05) is 5.56 Å². The molecule has 2 aromatic rings. The average molecular weight is 270 g/mol. The molecule has 0 unspecified atom stereocenters. The molecule has 0 aliphatic heterocycles. The summed E-state index contributed by atoms with van der Waals surface area (Å²) in [5.41, 5.74) is 3.22. The van der Waals surface area contributed by atoms with Gasteiger partial charge in [0.15, 0.2) is 0 Å². The molecule has 0 saturated heterocycles. The lowest BCUT2D eigenvalue weighted by atomic mass is 9.98. The van der Waals surface area contributed by atoms with Crippen molar-refractivity contribution in [3.8, 4) is 11.5 Å². The van der Waals surface area contributed by atoms with Crippen molar-refractivity contribution in [2.75, 3.05) is 14.2 Å². The van der Waals surface area contributed by atoms with Gasteiger partial charge in [-0.25, -0.2) is 0 Å². The topological polar surface area (TPSA) is 35.5 Å². The number of hydrogen-bond donors (Lipinski definition) is 0. The second-order valence-electron chi connectivity index (χ2n) is 4.74. The molecule has 2 aromatic carbocycles. The number of ether oxygens (including phenoxy) is 2. The first-order valence-corrected chi connectivity index (χ1v) is 6.40. The quantitative estimate of drug-likeness (QED) is 0.797. The van der Waals surface area contributed by atoms with Gasteiger partial charge in [-0.3, -0.25) is 4.79 Å². The summed E-state index contributed by atoms with van der Waals surface area (Å²) in [6.07, 6.45) is 0. The van der Waals surface area contributed by atoms with Crippen molar-refractivity contribution in [3.63, 3.8) is 0 Å². The maximum Gasteiger partial charge on any atom is 0.200 e. The van der Waals surface area contributed by atoms with E-state index in [4.69, 9.17) is 9.47 Å². The third-order valence-electron chi connectivity index (χ3n) is 3.14. The van der Waals surface area contributed by atoms with Gasteiger partial charge in [0.1, 0.15) is 17.1 Å². The smallest absolute Gasteiger partial charge is 0.200 e. The highest BCUT2D eigenvalue weighted by molar-refractivity contribution is 6.12. The van der Waals surface area contributed by atoms with Gasteiger partial charge >= 0.3 is 0 Å². The molecule has 104 valence electrons. The zero-order chi connectivity index (χ0) is 14.7. The van der Waals surface area contributed by atoms with Crippen LogP contribution < -0.4 is 9.47 Å². The van der Waals surface area contributed by atoms with Crippen molar-refractivity contribution in [1.29, 1.82) is 0 Å². The molecule has 0 heterocycles. The van der Waals surface area contributed by atoms with Crippen LogP contribution in [0.15, 0.2) is 36.4 Å². The minimum absolute atomic E-state index is 0.0916. The molecule has 0 N–H and O–H groups in total. The van der Waals surface area contributed by atoms with Crippen molar-refractivity contribution in [2.24, 2.45) is 0 Å². The fraction of sp³-hybridized carbons (Fsp3) is 0.235. The summed E-state index contributed by atoms with van der Waals surface area (Å²) >= 11 is 0. The highest BCUT2D eigenvalue weighted by atomic mass is 16.5. The SMILES string of the molecule is COc1cccc(OC)c1C(=O)c1cc(C)cc(C)c1. The first kappa shape index (κ1) is 14.1. The van der Waals surface area contributed by atoms with Crippen LogP contribution >= 0.6 is 0 Å². The van der Waals surface area contributed by atoms with E-state index in [0.29, 0.717) is 22.6 Å². The van der Waals surface area contributed by atoms with Crippen molar-refractivity contribution >= 4 is 5.78 Å². The Hall–Kier alpha value is -2.29. The van der Waals surface area contributed by atoms with Crippen LogP contribution in [0.5, 0.6) is 11.5 Å². The lowest BCUT2D eigenvalue weighted by Crippen LogP contribution is -2.07. The predicted octanol–water partition coefficient (Wildman–Crippen LogP) is 3.55. The Balaban J connectivity index is 2.58. The van der Waals surface area contributed by atoms with E-state index in [-0.39, 0.29) is 5.78 Å². The van der Waals surface area contributed by atoms with E-state index in [2.05, 4.69) is 0 Å². The normalized spacial score (nSPS) is 10.2. The van der Waals surface area contributed by atoms with Crippen molar-refractivity contribution < 1.29 is 14.3 Å². The van der Waals surface area contributed by atoms with E-state index in [0.717, 1.165) is 11.1 Å². The Labute approximate surface area is 119 Å². The van der Waals surface area contributed by atoms with Crippen LogP contribution in [0.25, 0.3) is 0 Å². The van der Waals surface area contributed by atoms with Crippen LogP contribution in [-0.2, 0) is 0 Å². The zero-order valence-electron chi connectivity index (χ0n) is 12.2. The standard InChI is InChI=1S/C17H18O3/c1-11-8-12(2)10-13(9-11)17(18)16-14(19-3)6-5-7-15(16)20-4/h5-10H,1-4H3. The van der Waals surface area contributed by atoms with Crippen LogP contribution in [-0.4, -0.2) is 20.0 Å². The minimum atomic E-state index is -0.0916. The summed E-state index contributed by atoms with van der Waals surface area (Å²) in [6, 6.07) is 11.1. The highest BCUT2D eigenvalue weighted by Crippen LogP contribution is 2.30. The van der Waals surface area contributed by atoms with Crippen molar-refractivity contribution in [2.45, 2.75) is 13.8 Å². The van der Waals surface area contributed by atoms with Crippen LogP contribution in [0.4, 0.5) is 0 Å². The van der Waals surface area contributed by atoms with E-state index in [1.165, 1.54) is 0 Å². The molecule has 0 aromatic heterocycles. The van der Waals surface area contributed by atoms with Gasteiger partial charge in [0.05, 0.1) is 14.2 Å². The molecule has 0 bridgehead atoms. The number of hydrogen-bond acceptors (Lipinski definition) is 3. The average Bonchev–Trinajstić information content (AvgIpc) is 2.44. The molecule has 0 spiro atoms. The minimum Gasteiger partial charge on any atom is -0.496 e. The molecule has 0 atom stereocenters. The summed E-state index contributed by atoms with van der Waals surface area (Å²) in [5, 5.41) is 0. The van der Waals surface area contributed by atoms with Gasteiger partial charge in [-0.1, -0.05) is 23.3 Å². The number of ketones is 1. The molecular formula is C17H18O3. The van der Waals surface area contributed by atoms with Crippen molar-refractivity contribution in [1.82, 2.24) is 0 Å². The molecule has 2 rings (SSSR count). The molecule has 0 saturated carbocycles. The van der Waals surface area contributed by atoms with Crippen LogP contribution in [0, 0.1) is 13.8 Å². The summed E-state index contributed by atoms with van der Waals surface area (Å²) in [7, 11) is 3.10. The van der Waals surface area contributed by atoms with Crippen LogP contribution in [0.2, 0.25) is 0 Å². The Morgan fingerprint density at radius 2 is 1.40 bits per heavy atom. The molecule has 0 aliphatic carbocycles. The molecule has 3 nitrogen and oxygen atoms in total. The van der Waals surface area contributed by atoms with Crippen LogP contribution in [0.3, 0.4) is 0 Å². The first-order chi connectivity index (χ1) is 9.56. The Bertz CT molecular complexity index is 602. The van der Waals surface area contributed by atoms with Crippen LogP contribution in [0.1, 0.15) is 27.0 Å². The van der Waals surface area contributed by atoms with Gasteiger partial charge in [-0.15, -0.1) is 0 Å². The largest absolute Gasteiger partial charge is 0.496 e. The summed E-state index contributed by atoms with van der Waals surface area (Å²) in [6.45, 7) is 3.95. The summed E-state index contributed by atoms with van der Waals surface area (Å²) in [4.78, 5) is 12.8. The molecule has 0 amide bonds. The van der Waals surface area contributed by atoms with Gasteiger partial charge in [-0.05, 0) is 38.1 Å². The lowest BCUT2D eigenvalue weighted by Gasteiger charge is -2.12. The number of benzene rings is 2. The van der Waals surface area contributed by atoms with E-state index < -0.39 is 0 Å².